The van der Waals surface area contributed by atoms with Gasteiger partial charge in [0.2, 0.25) is 0 Å². The van der Waals surface area contributed by atoms with Crippen LogP contribution in [0, 0.1) is 39.5 Å². The first kappa shape index (κ1) is 53.2. The van der Waals surface area contributed by atoms with Gasteiger partial charge < -0.3 is 4.90 Å². The molecule has 390 valence electrons. The summed E-state index contributed by atoms with van der Waals surface area (Å²) in [6.07, 6.45) is 12.5. The minimum Gasteiger partial charge on any atom is -0.311 e. The summed E-state index contributed by atoms with van der Waals surface area (Å²) in [5.41, 5.74) is 26.1. The van der Waals surface area contributed by atoms with E-state index in [1.807, 2.05) is 0 Å². The van der Waals surface area contributed by atoms with Crippen molar-refractivity contribution >= 4 is 17.1 Å². The molecule has 0 aromatic heterocycles. The molecule has 9 aromatic carbocycles. The third kappa shape index (κ3) is 11.6. The molecule has 1 heteroatoms. The molecule has 0 spiro atoms. The maximum atomic E-state index is 2.63. The van der Waals surface area contributed by atoms with Crippen LogP contribution in [0.3, 0.4) is 0 Å². The minimum absolute atomic E-state index is 0.0713. The molecule has 0 amide bonds. The van der Waals surface area contributed by atoms with Gasteiger partial charge in [0, 0.05) is 28.4 Å². The lowest BCUT2D eigenvalue weighted by molar-refractivity contribution is 0.266. The van der Waals surface area contributed by atoms with E-state index in [2.05, 4.69) is 267 Å². The number of anilines is 3. The monoisotopic (exact) mass is 1010 g/mol. The van der Waals surface area contributed by atoms with Crippen molar-refractivity contribution in [2.75, 3.05) is 4.90 Å². The molecule has 0 aliphatic heterocycles. The average Bonchev–Trinajstić information content (AvgIpc) is 3.98. The fourth-order valence-electron chi connectivity index (χ4n) is 13.3. The Kier molecular flexibility index (Phi) is 16.6. The van der Waals surface area contributed by atoms with E-state index < -0.39 is 0 Å². The van der Waals surface area contributed by atoms with E-state index in [1.165, 1.54) is 148 Å². The van der Waals surface area contributed by atoms with Crippen molar-refractivity contribution in [2.45, 2.75) is 131 Å². The lowest BCUT2D eigenvalue weighted by Gasteiger charge is -2.39. The van der Waals surface area contributed by atoms with Gasteiger partial charge in [-0.1, -0.05) is 259 Å². The van der Waals surface area contributed by atoms with E-state index in [-0.39, 0.29) is 11.3 Å². The van der Waals surface area contributed by atoms with Crippen molar-refractivity contribution in [3.05, 3.63) is 256 Å². The molecular weight excluding hydrogens is 927 g/mol. The Labute approximate surface area is 463 Å². The van der Waals surface area contributed by atoms with Gasteiger partial charge in [-0.15, -0.1) is 0 Å². The number of para-hydroxylation sites is 1. The van der Waals surface area contributed by atoms with Crippen LogP contribution in [0.25, 0.3) is 44.5 Å². The minimum atomic E-state index is -0.0713. The fourth-order valence-corrected chi connectivity index (χ4v) is 13.3. The summed E-state index contributed by atoms with van der Waals surface area (Å²) in [6, 6.07) is 78.7. The van der Waals surface area contributed by atoms with Gasteiger partial charge in [0.15, 0.2) is 0 Å². The number of unbranched alkanes of at least 4 members (excludes halogenated alkanes) is 2. The molecule has 0 saturated carbocycles. The van der Waals surface area contributed by atoms with E-state index in [9.17, 15) is 0 Å². The molecule has 0 bridgehead atoms. The van der Waals surface area contributed by atoms with Crippen molar-refractivity contribution < 1.29 is 0 Å². The van der Waals surface area contributed by atoms with Gasteiger partial charge in [-0.3, -0.25) is 0 Å². The molecule has 0 fully saturated rings. The SMILES string of the molecule is CCCCC(CC)CC1(CC(CC)CCCC)c2cc(-c3ccc(N(c4ccccc4)c4ccc(C(c5ccccc5)c5ccc(-c6cc(C)cc(C)c6)cc5)cc4)cc3)ccc2-c2ccc(-c3cc(C)cc(C)c3)cc21. The average molecular weight is 1010 g/mol. The van der Waals surface area contributed by atoms with Gasteiger partial charge in [0.25, 0.3) is 0 Å². The zero-order valence-corrected chi connectivity index (χ0v) is 47.4. The largest absolute Gasteiger partial charge is 0.311 e. The van der Waals surface area contributed by atoms with Crippen LogP contribution < -0.4 is 4.90 Å². The Morgan fingerprint density at radius 1 is 0.351 bits per heavy atom. The second-order valence-corrected chi connectivity index (χ2v) is 22.9. The van der Waals surface area contributed by atoms with E-state index >= 15 is 0 Å². The van der Waals surface area contributed by atoms with Crippen LogP contribution in [0.4, 0.5) is 17.1 Å². The Morgan fingerprint density at radius 3 is 1.18 bits per heavy atom. The molecular formula is C76H81N. The molecule has 77 heavy (non-hydrogen) atoms. The molecule has 10 rings (SSSR count). The molecule has 1 aliphatic carbocycles. The summed E-state index contributed by atoms with van der Waals surface area (Å²) in [7, 11) is 0. The number of fused-ring (bicyclic) bond motifs is 3. The lowest BCUT2D eigenvalue weighted by atomic mass is 9.64. The summed E-state index contributed by atoms with van der Waals surface area (Å²) >= 11 is 0. The normalized spacial score (nSPS) is 14.9. The summed E-state index contributed by atoms with van der Waals surface area (Å²) in [5.74, 6) is 1.41. The van der Waals surface area contributed by atoms with E-state index in [1.54, 1.807) is 11.1 Å². The second kappa shape index (κ2) is 24.0. The maximum Gasteiger partial charge on any atom is 0.0462 e. The molecule has 0 N–H and O–H groups in total. The zero-order valence-electron chi connectivity index (χ0n) is 47.4. The Hall–Kier alpha value is -7.22. The first-order valence-corrected chi connectivity index (χ1v) is 29.2. The number of hydrogen-bond acceptors (Lipinski definition) is 1. The van der Waals surface area contributed by atoms with Crippen LogP contribution in [-0.2, 0) is 5.41 Å². The van der Waals surface area contributed by atoms with Crippen molar-refractivity contribution in [1.82, 2.24) is 0 Å². The van der Waals surface area contributed by atoms with Gasteiger partial charge in [-0.2, -0.15) is 0 Å². The number of nitrogens with zero attached hydrogens (tertiary/aromatic N) is 1. The van der Waals surface area contributed by atoms with Gasteiger partial charge in [-0.25, -0.2) is 0 Å². The highest BCUT2D eigenvalue weighted by Crippen LogP contribution is 2.58. The molecule has 3 atom stereocenters. The smallest absolute Gasteiger partial charge is 0.0462 e. The summed E-state index contributed by atoms with van der Waals surface area (Å²) < 4.78 is 0. The van der Waals surface area contributed by atoms with Crippen LogP contribution in [0.15, 0.2) is 206 Å². The van der Waals surface area contributed by atoms with Crippen LogP contribution >= 0.6 is 0 Å². The summed E-state index contributed by atoms with van der Waals surface area (Å²) in [4.78, 5) is 2.41. The standard InChI is InChI=1S/C76H81N/c1-9-13-21-57(11-3)51-76(52-58(12-4)22-14-10-2)73-49-64(35-41-71(73)72-42-36-65(50-74(72)76)67-47-55(7)44-56(8)48-67)59-31-37-69(38-32-59)77(68-25-19-16-20-26-68)70-39-33-63(34-40-70)75(61-23-17-15-18-24-61)62-29-27-60(28-30-62)66-45-53(5)43-54(6)46-66/h15-20,23-50,57-58,75H,9-14,21-22,51-52H2,1-8H3. The van der Waals surface area contributed by atoms with Crippen molar-refractivity contribution in [3.8, 4) is 44.5 Å². The second-order valence-electron chi connectivity index (χ2n) is 22.9. The molecule has 3 unspecified atom stereocenters. The van der Waals surface area contributed by atoms with Gasteiger partial charge in [0.1, 0.15) is 0 Å². The Bertz CT molecular complexity index is 3320. The quantitative estimate of drug-likeness (QED) is 0.0649. The number of benzene rings is 9. The number of rotatable bonds is 21. The van der Waals surface area contributed by atoms with Crippen molar-refractivity contribution in [2.24, 2.45) is 11.8 Å². The highest BCUT2D eigenvalue weighted by Gasteiger charge is 2.45. The van der Waals surface area contributed by atoms with E-state index in [0.717, 1.165) is 17.1 Å². The number of aryl methyl sites for hydroxylation is 4. The highest BCUT2D eigenvalue weighted by molar-refractivity contribution is 5.87. The van der Waals surface area contributed by atoms with E-state index in [0.29, 0.717) is 11.8 Å². The molecule has 0 saturated heterocycles. The van der Waals surface area contributed by atoms with Crippen LogP contribution in [-0.4, -0.2) is 0 Å². The summed E-state index contributed by atoms with van der Waals surface area (Å²) in [5, 5.41) is 0. The third-order valence-electron chi connectivity index (χ3n) is 17.2. The fraction of sp³-hybridized carbons (Fsp3) is 0.289. The predicted octanol–water partition coefficient (Wildman–Crippen LogP) is 22.1. The number of hydrogen-bond donors (Lipinski definition) is 0. The topological polar surface area (TPSA) is 3.24 Å². The maximum absolute atomic E-state index is 2.63. The Morgan fingerprint density at radius 2 is 0.714 bits per heavy atom. The molecule has 1 aliphatic rings. The molecule has 1 nitrogen and oxygen atoms in total. The molecule has 0 radical (unpaired) electrons. The first-order chi connectivity index (χ1) is 37.6. The van der Waals surface area contributed by atoms with Crippen LogP contribution in [0.5, 0.6) is 0 Å². The van der Waals surface area contributed by atoms with E-state index in [4.69, 9.17) is 0 Å². The molecule has 9 aromatic rings. The highest BCUT2D eigenvalue weighted by atomic mass is 15.1. The Balaban J connectivity index is 1.02. The first-order valence-electron chi connectivity index (χ1n) is 29.2. The van der Waals surface area contributed by atoms with Crippen molar-refractivity contribution in [1.29, 1.82) is 0 Å². The van der Waals surface area contributed by atoms with Crippen LogP contribution in [0.1, 0.15) is 148 Å². The van der Waals surface area contributed by atoms with Crippen molar-refractivity contribution in [3.63, 3.8) is 0 Å². The van der Waals surface area contributed by atoms with Gasteiger partial charge >= 0.3 is 0 Å². The zero-order chi connectivity index (χ0) is 53.5. The lowest BCUT2D eigenvalue weighted by Crippen LogP contribution is -2.31. The predicted molar refractivity (Wildman–Crippen MR) is 332 cm³/mol. The van der Waals surface area contributed by atoms with Crippen LogP contribution in [0.2, 0.25) is 0 Å². The summed E-state index contributed by atoms with van der Waals surface area (Å²) in [6.45, 7) is 18.5. The van der Waals surface area contributed by atoms with Gasteiger partial charge in [0.05, 0.1) is 0 Å². The van der Waals surface area contributed by atoms with Gasteiger partial charge in [-0.05, 0) is 173 Å². The third-order valence-corrected chi connectivity index (χ3v) is 17.2. The molecule has 0 heterocycles.